The van der Waals surface area contributed by atoms with Crippen LogP contribution in [0.15, 0.2) is 18.2 Å². The second kappa shape index (κ2) is 3.14. The molecule has 0 aliphatic carbocycles. The fraction of sp³-hybridized carbons (Fsp3) is 0.333. The summed E-state index contributed by atoms with van der Waals surface area (Å²) in [4.78, 5) is 0. The van der Waals surface area contributed by atoms with E-state index in [-0.39, 0.29) is 5.92 Å². The zero-order chi connectivity index (χ0) is 9.26. The van der Waals surface area contributed by atoms with Gasteiger partial charge in [0.25, 0.3) is 0 Å². The van der Waals surface area contributed by atoms with Crippen molar-refractivity contribution in [3.63, 3.8) is 0 Å². The topological polar surface area (TPSA) is 9.23 Å². The third kappa shape index (κ3) is 1.40. The van der Waals surface area contributed by atoms with Gasteiger partial charge in [0.2, 0.25) is 0 Å². The van der Waals surface area contributed by atoms with Crippen LogP contribution >= 0.6 is 0 Å². The van der Waals surface area contributed by atoms with E-state index in [1.807, 2.05) is 13.0 Å². The van der Waals surface area contributed by atoms with Crippen molar-refractivity contribution in [2.75, 3.05) is 6.61 Å². The Kier molecular flexibility index (Phi) is 1.98. The molecule has 1 aromatic carbocycles. The maximum Gasteiger partial charge on any atom is 0.122 e. The van der Waals surface area contributed by atoms with Crippen LogP contribution in [0, 0.1) is 12.3 Å². The number of hydrogen-bond donors (Lipinski definition) is 0. The Balaban J connectivity index is 2.37. The first-order valence-corrected chi connectivity index (χ1v) is 4.53. The van der Waals surface area contributed by atoms with Gasteiger partial charge in [-0.2, -0.15) is 0 Å². The zero-order valence-corrected chi connectivity index (χ0v) is 7.71. The van der Waals surface area contributed by atoms with Crippen LogP contribution in [0.3, 0.4) is 0 Å². The summed E-state index contributed by atoms with van der Waals surface area (Å²) in [6.45, 7) is 2.85. The summed E-state index contributed by atoms with van der Waals surface area (Å²) in [6, 6.07) is 6.23. The van der Waals surface area contributed by atoms with Crippen LogP contribution in [0.2, 0.25) is 0 Å². The van der Waals surface area contributed by atoms with Crippen molar-refractivity contribution in [2.24, 2.45) is 0 Å². The van der Waals surface area contributed by atoms with Crippen LogP contribution < -0.4 is 4.74 Å². The Hall–Kier alpha value is -1.42. The normalized spacial score (nSPS) is 15.7. The molecule has 0 saturated carbocycles. The van der Waals surface area contributed by atoms with Crippen LogP contribution in [0.4, 0.5) is 0 Å². The van der Waals surface area contributed by atoms with Gasteiger partial charge in [-0.05, 0) is 24.1 Å². The maximum absolute atomic E-state index is 5.42. The molecule has 2 rings (SSSR count). The van der Waals surface area contributed by atoms with Crippen molar-refractivity contribution in [2.45, 2.75) is 19.3 Å². The van der Waals surface area contributed by atoms with Crippen molar-refractivity contribution in [1.82, 2.24) is 0 Å². The Morgan fingerprint density at radius 2 is 2.38 bits per heavy atom. The third-order valence-electron chi connectivity index (χ3n) is 2.46. The molecule has 1 aromatic rings. The SMILES string of the molecule is C#CC(C)c1ccc2c(c1)CCO2. The van der Waals surface area contributed by atoms with Crippen molar-refractivity contribution in [1.29, 1.82) is 0 Å². The fourth-order valence-corrected chi connectivity index (χ4v) is 1.57. The highest BCUT2D eigenvalue weighted by Crippen LogP contribution is 2.28. The molecule has 1 aliphatic rings. The summed E-state index contributed by atoms with van der Waals surface area (Å²) < 4.78 is 5.42. The first-order valence-electron chi connectivity index (χ1n) is 4.53. The van der Waals surface area contributed by atoms with Gasteiger partial charge in [-0.3, -0.25) is 0 Å². The summed E-state index contributed by atoms with van der Waals surface area (Å²) in [5.41, 5.74) is 2.51. The Labute approximate surface area is 78.7 Å². The lowest BCUT2D eigenvalue weighted by atomic mass is 9.99. The molecule has 0 saturated heterocycles. The highest BCUT2D eigenvalue weighted by molar-refractivity contribution is 5.42. The van der Waals surface area contributed by atoms with Crippen molar-refractivity contribution in [3.8, 4) is 18.1 Å². The number of rotatable bonds is 1. The van der Waals surface area contributed by atoms with Gasteiger partial charge in [-0.15, -0.1) is 6.42 Å². The largest absolute Gasteiger partial charge is 0.493 e. The number of hydrogen-bond acceptors (Lipinski definition) is 1. The Morgan fingerprint density at radius 3 is 3.15 bits per heavy atom. The first-order chi connectivity index (χ1) is 6.31. The molecule has 0 fully saturated rings. The summed E-state index contributed by atoms with van der Waals surface area (Å²) in [7, 11) is 0. The van der Waals surface area contributed by atoms with E-state index in [1.54, 1.807) is 0 Å². The minimum Gasteiger partial charge on any atom is -0.493 e. The molecular formula is C12H12O. The highest BCUT2D eigenvalue weighted by Gasteiger charge is 2.13. The predicted molar refractivity (Wildman–Crippen MR) is 52.9 cm³/mol. The molecular weight excluding hydrogens is 160 g/mol. The van der Waals surface area contributed by atoms with Crippen LogP contribution in [0.5, 0.6) is 5.75 Å². The molecule has 0 spiro atoms. The smallest absolute Gasteiger partial charge is 0.122 e. The van der Waals surface area contributed by atoms with Gasteiger partial charge in [0.1, 0.15) is 5.75 Å². The first kappa shape index (κ1) is 8.19. The zero-order valence-electron chi connectivity index (χ0n) is 7.71. The summed E-state index contributed by atoms with van der Waals surface area (Å²) in [5, 5.41) is 0. The predicted octanol–water partition coefficient (Wildman–Crippen LogP) is 2.36. The molecule has 66 valence electrons. The van der Waals surface area contributed by atoms with E-state index in [1.165, 1.54) is 11.1 Å². The molecule has 13 heavy (non-hydrogen) atoms. The minimum atomic E-state index is 0.200. The quantitative estimate of drug-likeness (QED) is 0.591. The van der Waals surface area contributed by atoms with Gasteiger partial charge in [0, 0.05) is 12.3 Å². The molecule has 0 bridgehead atoms. The average Bonchev–Trinajstić information content (AvgIpc) is 2.63. The molecule has 1 unspecified atom stereocenters. The van der Waals surface area contributed by atoms with Gasteiger partial charge in [0.15, 0.2) is 0 Å². The van der Waals surface area contributed by atoms with Crippen molar-refractivity contribution < 1.29 is 4.74 Å². The van der Waals surface area contributed by atoms with Crippen LogP contribution in [0.25, 0.3) is 0 Å². The van der Waals surface area contributed by atoms with Crippen molar-refractivity contribution >= 4 is 0 Å². The highest BCUT2D eigenvalue weighted by atomic mass is 16.5. The lowest BCUT2D eigenvalue weighted by molar-refractivity contribution is 0.357. The Morgan fingerprint density at radius 1 is 1.54 bits per heavy atom. The summed E-state index contributed by atoms with van der Waals surface area (Å²) in [6.07, 6.45) is 6.38. The lowest BCUT2D eigenvalue weighted by Gasteiger charge is -2.06. The maximum atomic E-state index is 5.42. The van der Waals surface area contributed by atoms with Gasteiger partial charge in [0.05, 0.1) is 6.61 Å². The van der Waals surface area contributed by atoms with E-state index < -0.39 is 0 Å². The molecule has 1 heterocycles. The third-order valence-corrected chi connectivity index (χ3v) is 2.46. The lowest BCUT2D eigenvalue weighted by Crippen LogP contribution is -1.90. The van der Waals surface area contributed by atoms with E-state index in [0.717, 1.165) is 18.8 Å². The Bertz CT molecular complexity index is 360. The van der Waals surface area contributed by atoms with E-state index in [0.29, 0.717) is 0 Å². The second-order valence-corrected chi connectivity index (χ2v) is 3.35. The fourth-order valence-electron chi connectivity index (χ4n) is 1.57. The van der Waals surface area contributed by atoms with Crippen LogP contribution in [-0.2, 0) is 6.42 Å². The van der Waals surface area contributed by atoms with E-state index >= 15 is 0 Å². The molecule has 1 aliphatic heterocycles. The molecule has 0 amide bonds. The van der Waals surface area contributed by atoms with Gasteiger partial charge in [-0.25, -0.2) is 0 Å². The molecule has 0 N–H and O–H groups in total. The molecule has 1 atom stereocenters. The van der Waals surface area contributed by atoms with E-state index in [4.69, 9.17) is 11.2 Å². The van der Waals surface area contributed by atoms with Gasteiger partial charge in [-0.1, -0.05) is 18.1 Å². The number of ether oxygens (including phenoxy) is 1. The minimum absolute atomic E-state index is 0.200. The van der Waals surface area contributed by atoms with Crippen LogP contribution in [0.1, 0.15) is 24.0 Å². The molecule has 1 heteroatoms. The molecule has 0 radical (unpaired) electrons. The number of fused-ring (bicyclic) bond motifs is 1. The molecule has 1 nitrogen and oxygen atoms in total. The van der Waals surface area contributed by atoms with E-state index in [9.17, 15) is 0 Å². The summed E-state index contributed by atoms with van der Waals surface area (Å²) >= 11 is 0. The standard InChI is InChI=1S/C12H12O/c1-3-9(2)10-4-5-12-11(8-10)6-7-13-12/h1,4-5,8-9H,6-7H2,2H3. The molecule has 0 aromatic heterocycles. The van der Waals surface area contributed by atoms with E-state index in [2.05, 4.69) is 18.1 Å². The average molecular weight is 172 g/mol. The summed E-state index contributed by atoms with van der Waals surface area (Å²) in [5.74, 6) is 3.95. The monoisotopic (exact) mass is 172 g/mol. The number of terminal acetylenes is 1. The van der Waals surface area contributed by atoms with Gasteiger partial charge < -0.3 is 4.74 Å². The van der Waals surface area contributed by atoms with Crippen LogP contribution in [-0.4, -0.2) is 6.61 Å². The van der Waals surface area contributed by atoms with Crippen molar-refractivity contribution in [3.05, 3.63) is 29.3 Å². The number of benzene rings is 1. The second-order valence-electron chi connectivity index (χ2n) is 3.35. The van der Waals surface area contributed by atoms with Gasteiger partial charge >= 0.3 is 0 Å².